The maximum atomic E-state index is 13.8. The van der Waals surface area contributed by atoms with Crippen molar-refractivity contribution in [3.63, 3.8) is 0 Å². The van der Waals surface area contributed by atoms with Crippen LogP contribution < -0.4 is 5.32 Å². The average molecular weight is 286 g/mol. The molecule has 1 atom stereocenters. The van der Waals surface area contributed by atoms with Gasteiger partial charge in [-0.15, -0.1) is 0 Å². The van der Waals surface area contributed by atoms with Gasteiger partial charge in [-0.2, -0.15) is 0 Å². The summed E-state index contributed by atoms with van der Waals surface area (Å²) >= 11 is 5.59. The number of halogens is 4. The summed E-state index contributed by atoms with van der Waals surface area (Å²) in [6.45, 7) is 0. The predicted molar refractivity (Wildman–Crippen MR) is 68.7 cm³/mol. The summed E-state index contributed by atoms with van der Waals surface area (Å²) < 4.78 is 41.0. The maximum Gasteiger partial charge on any atom is 0.142 e. The molecule has 0 bridgehead atoms. The van der Waals surface area contributed by atoms with Crippen LogP contribution in [0.4, 0.5) is 13.2 Å². The molecule has 0 aliphatic carbocycles. The van der Waals surface area contributed by atoms with Gasteiger partial charge in [-0.05, 0) is 36.9 Å². The molecule has 5 heteroatoms. The van der Waals surface area contributed by atoms with Crippen molar-refractivity contribution in [1.29, 1.82) is 0 Å². The zero-order valence-corrected chi connectivity index (χ0v) is 10.8. The van der Waals surface area contributed by atoms with Gasteiger partial charge in [0, 0.05) is 5.56 Å². The fraction of sp³-hybridized carbons (Fsp3) is 0.143. The van der Waals surface area contributed by atoms with Crippen LogP contribution >= 0.6 is 11.6 Å². The highest BCUT2D eigenvalue weighted by Gasteiger charge is 2.21. The molecule has 0 aliphatic heterocycles. The summed E-state index contributed by atoms with van der Waals surface area (Å²) in [4.78, 5) is 0. The van der Waals surface area contributed by atoms with E-state index in [1.165, 1.54) is 18.2 Å². The summed E-state index contributed by atoms with van der Waals surface area (Å²) in [5, 5.41) is 2.74. The summed E-state index contributed by atoms with van der Waals surface area (Å²) in [6.07, 6.45) is 0. The van der Waals surface area contributed by atoms with Crippen LogP contribution in [0, 0.1) is 17.5 Å². The lowest BCUT2D eigenvalue weighted by Crippen LogP contribution is -2.20. The van der Waals surface area contributed by atoms with Gasteiger partial charge < -0.3 is 5.32 Å². The third-order valence-corrected chi connectivity index (χ3v) is 3.16. The normalized spacial score (nSPS) is 12.5. The van der Waals surface area contributed by atoms with E-state index in [9.17, 15) is 13.2 Å². The molecule has 0 saturated carbocycles. The van der Waals surface area contributed by atoms with E-state index in [2.05, 4.69) is 5.32 Å². The Bertz CT molecular complexity index is 581. The predicted octanol–water partition coefficient (Wildman–Crippen LogP) is 4.07. The molecule has 0 spiro atoms. The molecule has 2 aromatic carbocycles. The maximum absolute atomic E-state index is 13.8. The van der Waals surface area contributed by atoms with Crippen molar-refractivity contribution in [2.24, 2.45) is 0 Å². The topological polar surface area (TPSA) is 12.0 Å². The van der Waals surface area contributed by atoms with Gasteiger partial charge in [-0.3, -0.25) is 0 Å². The summed E-state index contributed by atoms with van der Waals surface area (Å²) in [5.74, 6) is -2.00. The van der Waals surface area contributed by atoms with Crippen molar-refractivity contribution in [2.75, 3.05) is 7.05 Å². The fourth-order valence-corrected chi connectivity index (χ4v) is 2.07. The van der Waals surface area contributed by atoms with E-state index in [-0.39, 0.29) is 10.6 Å². The minimum absolute atomic E-state index is 0.0346. The Kier molecular flexibility index (Phi) is 4.12. The molecule has 1 unspecified atom stereocenters. The van der Waals surface area contributed by atoms with E-state index in [0.717, 1.165) is 18.2 Å². The minimum atomic E-state index is -0.784. The number of nitrogens with one attached hydrogen (secondary N) is 1. The summed E-state index contributed by atoms with van der Waals surface area (Å²) in [6, 6.07) is 6.87. The Morgan fingerprint density at radius 3 is 2.16 bits per heavy atom. The Hall–Kier alpha value is -1.52. The lowest BCUT2D eigenvalue weighted by Gasteiger charge is -2.18. The van der Waals surface area contributed by atoms with Gasteiger partial charge in [0.05, 0.1) is 11.1 Å². The third kappa shape index (κ3) is 2.74. The number of hydrogen-bond donors (Lipinski definition) is 1. The van der Waals surface area contributed by atoms with Crippen molar-refractivity contribution in [3.05, 3.63) is 70.0 Å². The molecule has 0 radical (unpaired) electrons. The molecule has 19 heavy (non-hydrogen) atoms. The van der Waals surface area contributed by atoms with E-state index >= 15 is 0 Å². The lowest BCUT2D eigenvalue weighted by atomic mass is 9.97. The highest BCUT2D eigenvalue weighted by molar-refractivity contribution is 6.30. The molecular formula is C14H11ClF3N. The SMILES string of the molecule is CNC(c1ccc(Cl)c(F)c1)c1c(F)cccc1F. The first-order chi connectivity index (χ1) is 9.04. The van der Waals surface area contributed by atoms with Crippen LogP contribution in [0.2, 0.25) is 5.02 Å². The van der Waals surface area contributed by atoms with Gasteiger partial charge in [0.1, 0.15) is 17.5 Å². The summed E-state index contributed by atoms with van der Waals surface area (Å²) in [5.41, 5.74) is 0.250. The van der Waals surface area contributed by atoms with Crippen LogP contribution in [-0.2, 0) is 0 Å². The Morgan fingerprint density at radius 1 is 1.00 bits per heavy atom. The van der Waals surface area contributed by atoms with Crippen LogP contribution in [0.5, 0.6) is 0 Å². The highest BCUT2D eigenvalue weighted by atomic mass is 35.5. The second kappa shape index (κ2) is 5.63. The first-order valence-corrected chi connectivity index (χ1v) is 5.98. The van der Waals surface area contributed by atoms with Crippen molar-refractivity contribution >= 4 is 11.6 Å². The quantitative estimate of drug-likeness (QED) is 0.896. The largest absolute Gasteiger partial charge is 0.309 e. The molecule has 0 fully saturated rings. The van der Waals surface area contributed by atoms with E-state index in [0.29, 0.717) is 5.56 Å². The van der Waals surface area contributed by atoms with Crippen molar-refractivity contribution in [2.45, 2.75) is 6.04 Å². The van der Waals surface area contributed by atoms with E-state index in [1.807, 2.05) is 0 Å². The minimum Gasteiger partial charge on any atom is -0.309 e. The molecule has 2 rings (SSSR count). The Labute approximate surface area is 114 Å². The number of rotatable bonds is 3. The van der Waals surface area contributed by atoms with E-state index < -0.39 is 23.5 Å². The Morgan fingerprint density at radius 2 is 1.63 bits per heavy atom. The van der Waals surface area contributed by atoms with Crippen molar-refractivity contribution in [1.82, 2.24) is 5.32 Å². The molecule has 1 N–H and O–H groups in total. The van der Waals surface area contributed by atoms with Gasteiger partial charge in [-0.1, -0.05) is 23.7 Å². The molecule has 0 heterocycles. The monoisotopic (exact) mass is 285 g/mol. The van der Waals surface area contributed by atoms with Gasteiger partial charge in [-0.25, -0.2) is 13.2 Å². The first-order valence-electron chi connectivity index (χ1n) is 5.60. The van der Waals surface area contributed by atoms with E-state index in [4.69, 9.17) is 11.6 Å². The van der Waals surface area contributed by atoms with Gasteiger partial charge in [0.15, 0.2) is 0 Å². The molecule has 0 amide bonds. The van der Waals surface area contributed by atoms with Crippen molar-refractivity contribution < 1.29 is 13.2 Å². The zero-order valence-electron chi connectivity index (χ0n) is 10.1. The molecule has 100 valence electrons. The van der Waals surface area contributed by atoms with Crippen LogP contribution in [0.25, 0.3) is 0 Å². The number of hydrogen-bond acceptors (Lipinski definition) is 1. The third-order valence-electron chi connectivity index (χ3n) is 2.85. The molecule has 2 aromatic rings. The molecule has 0 saturated heterocycles. The van der Waals surface area contributed by atoms with E-state index in [1.54, 1.807) is 7.05 Å². The fourth-order valence-electron chi connectivity index (χ4n) is 1.96. The van der Waals surface area contributed by atoms with Crippen LogP contribution in [-0.4, -0.2) is 7.05 Å². The lowest BCUT2D eigenvalue weighted by molar-refractivity contribution is 0.520. The molecule has 0 aromatic heterocycles. The van der Waals surface area contributed by atoms with Gasteiger partial charge in [0.25, 0.3) is 0 Å². The highest BCUT2D eigenvalue weighted by Crippen LogP contribution is 2.28. The number of benzene rings is 2. The van der Waals surface area contributed by atoms with Gasteiger partial charge >= 0.3 is 0 Å². The van der Waals surface area contributed by atoms with Gasteiger partial charge in [0.2, 0.25) is 0 Å². The average Bonchev–Trinajstić information content (AvgIpc) is 2.37. The second-order valence-electron chi connectivity index (χ2n) is 4.03. The van der Waals surface area contributed by atoms with Crippen LogP contribution in [0.3, 0.4) is 0 Å². The molecule has 0 aliphatic rings. The standard InChI is InChI=1S/C14H11ClF3N/c1-19-14(8-5-6-9(15)12(18)7-8)13-10(16)3-2-4-11(13)17/h2-7,14,19H,1H3. The molecular weight excluding hydrogens is 275 g/mol. The summed E-state index contributed by atoms with van der Waals surface area (Å²) in [7, 11) is 1.54. The van der Waals surface area contributed by atoms with Crippen molar-refractivity contribution in [3.8, 4) is 0 Å². The first kappa shape index (κ1) is 13.9. The van der Waals surface area contributed by atoms with Crippen LogP contribution in [0.15, 0.2) is 36.4 Å². The molecule has 1 nitrogen and oxygen atoms in total. The second-order valence-corrected chi connectivity index (χ2v) is 4.44. The zero-order chi connectivity index (χ0) is 14.0. The smallest absolute Gasteiger partial charge is 0.142 e. The van der Waals surface area contributed by atoms with Crippen LogP contribution in [0.1, 0.15) is 17.2 Å². The Balaban J connectivity index is 2.53.